The second kappa shape index (κ2) is 4.11. The maximum atomic E-state index is 5.12. The highest BCUT2D eigenvalue weighted by molar-refractivity contribution is 7.71. The summed E-state index contributed by atoms with van der Waals surface area (Å²) in [6.45, 7) is 3.12. The number of H-pyrrole nitrogens is 1. The van der Waals surface area contributed by atoms with Crippen molar-refractivity contribution in [3.63, 3.8) is 0 Å². The number of aryl methyl sites for hydroxylation is 3. The minimum atomic E-state index is 0.805. The first-order valence-corrected chi connectivity index (χ1v) is 5.83. The van der Waals surface area contributed by atoms with Gasteiger partial charge in [-0.1, -0.05) is 0 Å². The lowest BCUT2D eigenvalue weighted by molar-refractivity contribution is 0.690. The standard InChI is InChI=1S/C10H12N2S2/c1-8-3-7-14-9(8)2-5-12-6-4-11-10(12)13/h3-4,6-7H,2,5H2,1H3,(H,11,13). The summed E-state index contributed by atoms with van der Waals surface area (Å²) in [6, 6.07) is 2.16. The average molecular weight is 224 g/mol. The molecule has 0 aliphatic rings. The molecule has 1 N–H and O–H groups in total. The molecule has 4 heteroatoms. The Hall–Kier alpha value is -0.870. The van der Waals surface area contributed by atoms with Crippen LogP contribution in [0.4, 0.5) is 0 Å². The molecule has 0 amide bonds. The second-order valence-corrected chi connectivity index (χ2v) is 4.62. The molecule has 0 aliphatic heterocycles. The van der Waals surface area contributed by atoms with Crippen molar-refractivity contribution in [1.29, 1.82) is 0 Å². The summed E-state index contributed by atoms with van der Waals surface area (Å²) in [7, 11) is 0. The molecule has 2 aromatic heterocycles. The van der Waals surface area contributed by atoms with E-state index in [2.05, 4.69) is 27.9 Å². The monoisotopic (exact) mass is 224 g/mol. The zero-order valence-corrected chi connectivity index (χ0v) is 9.62. The molecule has 0 saturated carbocycles. The van der Waals surface area contributed by atoms with Gasteiger partial charge < -0.3 is 9.55 Å². The van der Waals surface area contributed by atoms with Crippen molar-refractivity contribution in [2.45, 2.75) is 19.9 Å². The fourth-order valence-electron chi connectivity index (χ4n) is 1.41. The van der Waals surface area contributed by atoms with Gasteiger partial charge >= 0.3 is 0 Å². The summed E-state index contributed by atoms with van der Waals surface area (Å²) in [5.74, 6) is 0. The highest BCUT2D eigenvalue weighted by atomic mass is 32.1. The van der Waals surface area contributed by atoms with Gasteiger partial charge in [-0.15, -0.1) is 11.3 Å². The highest BCUT2D eigenvalue weighted by Gasteiger charge is 2.00. The molecule has 0 radical (unpaired) electrons. The number of thiophene rings is 1. The number of hydrogen-bond acceptors (Lipinski definition) is 2. The van der Waals surface area contributed by atoms with Gasteiger partial charge in [-0.25, -0.2) is 0 Å². The summed E-state index contributed by atoms with van der Waals surface area (Å²) in [4.78, 5) is 4.45. The number of hydrogen-bond donors (Lipinski definition) is 1. The van der Waals surface area contributed by atoms with Crippen molar-refractivity contribution in [1.82, 2.24) is 9.55 Å². The minimum Gasteiger partial charge on any atom is -0.337 e. The molecule has 0 aliphatic carbocycles. The molecule has 2 aromatic rings. The Morgan fingerprint density at radius 2 is 2.43 bits per heavy atom. The van der Waals surface area contributed by atoms with Gasteiger partial charge in [0, 0.05) is 30.2 Å². The molecule has 0 bridgehead atoms. The molecular formula is C10H12N2S2. The number of nitrogens with zero attached hydrogens (tertiary/aromatic N) is 1. The van der Waals surface area contributed by atoms with E-state index in [4.69, 9.17) is 12.2 Å². The Morgan fingerprint density at radius 1 is 1.57 bits per heavy atom. The van der Waals surface area contributed by atoms with Gasteiger partial charge in [0.25, 0.3) is 0 Å². The summed E-state index contributed by atoms with van der Waals surface area (Å²) < 4.78 is 2.87. The number of aromatic nitrogens is 2. The molecule has 0 saturated heterocycles. The predicted molar refractivity (Wildman–Crippen MR) is 62.4 cm³/mol. The van der Waals surface area contributed by atoms with Crippen molar-refractivity contribution in [2.75, 3.05) is 0 Å². The quantitative estimate of drug-likeness (QED) is 0.794. The van der Waals surface area contributed by atoms with Gasteiger partial charge in [-0.05, 0) is 36.2 Å². The second-order valence-electron chi connectivity index (χ2n) is 3.24. The zero-order valence-electron chi connectivity index (χ0n) is 7.99. The van der Waals surface area contributed by atoms with Crippen LogP contribution >= 0.6 is 23.6 Å². The van der Waals surface area contributed by atoms with Crippen molar-refractivity contribution < 1.29 is 0 Å². The normalized spacial score (nSPS) is 10.6. The minimum absolute atomic E-state index is 0.805. The Morgan fingerprint density at radius 3 is 3.00 bits per heavy atom. The number of imidazole rings is 1. The lowest BCUT2D eigenvalue weighted by atomic mass is 10.2. The van der Waals surface area contributed by atoms with E-state index in [9.17, 15) is 0 Å². The summed E-state index contributed by atoms with van der Waals surface area (Å²) in [5, 5.41) is 2.14. The van der Waals surface area contributed by atoms with Gasteiger partial charge in [-0.2, -0.15) is 0 Å². The Bertz CT molecular complexity index is 464. The van der Waals surface area contributed by atoms with Crippen LogP contribution in [0.5, 0.6) is 0 Å². The first-order valence-electron chi connectivity index (χ1n) is 4.54. The molecule has 2 nitrogen and oxygen atoms in total. The Kier molecular flexibility index (Phi) is 2.84. The number of aromatic amines is 1. The number of nitrogens with one attached hydrogen (secondary N) is 1. The van der Waals surface area contributed by atoms with Crippen molar-refractivity contribution in [3.05, 3.63) is 39.1 Å². The van der Waals surface area contributed by atoms with Gasteiger partial charge in [0.15, 0.2) is 4.77 Å². The van der Waals surface area contributed by atoms with E-state index in [0.29, 0.717) is 0 Å². The van der Waals surface area contributed by atoms with Gasteiger partial charge in [0.05, 0.1) is 0 Å². The Balaban J connectivity index is 2.05. The maximum Gasteiger partial charge on any atom is 0.177 e. The maximum absolute atomic E-state index is 5.12. The fourth-order valence-corrected chi connectivity index (χ4v) is 2.53. The van der Waals surface area contributed by atoms with Crippen LogP contribution in [0.2, 0.25) is 0 Å². The highest BCUT2D eigenvalue weighted by Crippen LogP contribution is 2.16. The van der Waals surface area contributed by atoms with Crippen LogP contribution in [0.3, 0.4) is 0 Å². The first kappa shape index (κ1) is 9.68. The predicted octanol–water partition coefficient (Wildman–Crippen LogP) is 3.16. The van der Waals surface area contributed by atoms with Gasteiger partial charge in [-0.3, -0.25) is 0 Å². The van der Waals surface area contributed by atoms with Crippen LogP contribution in [0.25, 0.3) is 0 Å². The van der Waals surface area contributed by atoms with Crippen molar-refractivity contribution >= 4 is 23.6 Å². The third-order valence-corrected chi connectivity index (χ3v) is 3.71. The van der Waals surface area contributed by atoms with Crippen LogP contribution in [-0.4, -0.2) is 9.55 Å². The van der Waals surface area contributed by atoms with E-state index in [1.165, 1.54) is 10.4 Å². The van der Waals surface area contributed by atoms with Crippen molar-refractivity contribution in [3.8, 4) is 0 Å². The van der Waals surface area contributed by atoms with E-state index in [1.54, 1.807) is 0 Å². The SMILES string of the molecule is Cc1ccsc1CCn1cc[nH]c1=S. The fraction of sp³-hybridized carbons (Fsp3) is 0.300. The van der Waals surface area contributed by atoms with Crippen LogP contribution < -0.4 is 0 Å². The Labute approximate surface area is 92.2 Å². The average Bonchev–Trinajstić information content (AvgIpc) is 2.72. The van der Waals surface area contributed by atoms with Gasteiger partial charge in [0.2, 0.25) is 0 Å². The van der Waals surface area contributed by atoms with E-state index in [-0.39, 0.29) is 0 Å². The molecule has 0 aromatic carbocycles. The van der Waals surface area contributed by atoms with E-state index < -0.39 is 0 Å². The lowest BCUT2D eigenvalue weighted by Gasteiger charge is -2.01. The molecule has 14 heavy (non-hydrogen) atoms. The topological polar surface area (TPSA) is 20.7 Å². The smallest absolute Gasteiger partial charge is 0.177 e. The largest absolute Gasteiger partial charge is 0.337 e. The van der Waals surface area contributed by atoms with Crippen LogP contribution in [-0.2, 0) is 13.0 Å². The van der Waals surface area contributed by atoms with Gasteiger partial charge in [0.1, 0.15) is 0 Å². The summed E-state index contributed by atoms with van der Waals surface area (Å²) in [5.41, 5.74) is 1.39. The molecular weight excluding hydrogens is 212 g/mol. The van der Waals surface area contributed by atoms with Crippen LogP contribution in [0.1, 0.15) is 10.4 Å². The molecule has 0 spiro atoms. The first-order chi connectivity index (χ1) is 6.77. The van der Waals surface area contributed by atoms with E-state index in [1.807, 2.05) is 23.7 Å². The molecule has 0 atom stereocenters. The molecule has 2 rings (SSSR count). The third-order valence-electron chi connectivity index (χ3n) is 2.27. The van der Waals surface area contributed by atoms with Crippen LogP contribution in [0, 0.1) is 11.7 Å². The molecule has 0 unspecified atom stereocenters. The molecule has 2 heterocycles. The summed E-state index contributed by atoms with van der Waals surface area (Å²) in [6.07, 6.45) is 4.94. The zero-order chi connectivity index (χ0) is 9.97. The summed E-state index contributed by atoms with van der Waals surface area (Å²) >= 11 is 6.94. The molecule has 0 fully saturated rings. The lowest BCUT2D eigenvalue weighted by Crippen LogP contribution is -1.99. The van der Waals surface area contributed by atoms with Crippen molar-refractivity contribution in [2.24, 2.45) is 0 Å². The molecule has 74 valence electrons. The number of rotatable bonds is 3. The van der Waals surface area contributed by atoms with E-state index >= 15 is 0 Å². The van der Waals surface area contributed by atoms with E-state index in [0.717, 1.165) is 17.7 Å². The van der Waals surface area contributed by atoms with Crippen LogP contribution in [0.15, 0.2) is 23.8 Å². The third kappa shape index (κ3) is 1.96.